The Kier molecular flexibility index (Phi) is 8.94. The van der Waals surface area contributed by atoms with Gasteiger partial charge in [-0.05, 0) is 84.8 Å². The summed E-state index contributed by atoms with van der Waals surface area (Å²) in [6, 6.07) is 14.5. The van der Waals surface area contributed by atoms with E-state index in [1.54, 1.807) is 0 Å². The molecule has 0 bridgehead atoms. The van der Waals surface area contributed by atoms with E-state index < -0.39 is 17.9 Å². The molecule has 0 aliphatic carbocycles. The molecule has 222 valence electrons. The van der Waals surface area contributed by atoms with Crippen molar-refractivity contribution in [3.05, 3.63) is 81.4 Å². The second-order valence-corrected chi connectivity index (χ2v) is 11.2. The van der Waals surface area contributed by atoms with Gasteiger partial charge in [0.1, 0.15) is 5.75 Å². The lowest BCUT2D eigenvalue weighted by Crippen LogP contribution is -2.35. The normalized spacial score (nSPS) is 19.6. The minimum absolute atomic E-state index is 0.0245. The minimum Gasteiger partial charge on any atom is -0.494 e. The Morgan fingerprint density at radius 2 is 1.74 bits per heavy atom. The zero-order valence-corrected chi connectivity index (χ0v) is 25.2. The maximum atomic E-state index is 13.7. The number of fused-ring (bicyclic) bond motifs is 1. The van der Waals surface area contributed by atoms with Crippen LogP contribution < -0.4 is 19.5 Å². The molecule has 3 aromatic rings. The standard InChI is InChI=1S/C33H37ClN2O6/c1-5-20-14-23(34)15-21(6-2)30(20)35-28(37)17-36-16-26(25-12-13-27-32(19(25)4)42-18-41-27)29(33(38)39)31(36)22-8-10-24(11-9-22)40-7-3/h8-15,26,29,31H,5-7,16-18H2,1-4H3,(H,35,37)(H,38,39)/t26-,29?,31+/m1/s1. The van der Waals surface area contributed by atoms with Crippen LogP contribution in [0.3, 0.4) is 0 Å². The van der Waals surface area contributed by atoms with Gasteiger partial charge < -0.3 is 24.6 Å². The molecule has 0 aromatic heterocycles. The number of amides is 1. The lowest BCUT2D eigenvalue weighted by Gasteiger charge is -2.27. The first-order valence-electron chi connectivity index (χ1n) is 14.4. The van der Waals surface area contributed by atoms with Crippen molar-refractivity contribution in [2.24, 2.45) is 5.92 Å². The van der Waals surface area contributed by atoms with E-state index >= 15 is 0 Å². The van der Waals surface area contributed by atoms with Gasteiger partial charge >= 0.3 is 5.97 Å². The molecule has 3 aromatic carbocycles. The molecule has 3 atom stereocenters. The maximum absolute atomic E-state index is 13.7. The van der Waals surface area contributed by atoms with Gasteiger partial charge in [0.05, 0.1) is 19.1 Å². The molecule has 1 unspecified atom stereocenters. The zero-order valence-electron chi connectivity index (χ0n) is 24.4. The second-order valence-electron chi connectivity index (χ2n) is 10.7. The topological polar surface area (TPSA) is 97.3 Å². The number of carbonyl (C=O) groups is 2. The Labute approximate surface area is 251 Å². The first-order valence-corrected chi connectivity index (χ1v) is 14.8. The summed E-state index contributed by atoms with van der Waals surface area (Å²) < 4.78 is 16.9. The monoisotopic (exact) mass is 592 g/mol. The van der Waals surface area contributed by atoms with E-state index in [0.29, 0.717) is 48.3 Å². The third-order valence-electron chi connectivity index (χ3n) is 8.28. The number of hydrogen-bond acceptors (Lipinski definition) is 6. The van der Waals surface area contributed by atoms with Crippen molar-refractivity contribution in [2.45, 2.75) is 52.5 Å². The fourth-order valence-electron chi connectivity index (χ4n) is 6.37. The number of nitrogens with zero attached hydrogens (tertiary/aromatic N) is 1. The van der Waals surface area contributed by atoms with Gasteiger partial charge in [-0.3, -0.25) is 14.5 Å². The van der Waals surface area contributed by atoms with Crippen LogP contribution in [-0.4, -0.2) is 48.4 Å². The maximum Gasteiger partial charge on any atom is 0.309 e. The van der Waals surface area contributed by atoms with Crippen LogP contribution in [0.25, 0.3) is 0 Å². The minimum atomic E-state index is -0.918. The van der Waals surface area contributed by atoms with Crippen molar-refractivity contribution in [1.82, 2.24) is 4.90 Å². The number of nitrogens with one attached hydrogen (secondary N) is 1. The van der Waals surface area contributed by atoms with E-state index in [4.69, 9.17) is 25.8 Å². The number of halogens is 1. The highest BCUT2D eigenvalue weighted by Gasteiger charge is 2.48. The van der Waals surface area contributed by atoms with Crippen LogP contribution in [0.1, 0.15) is 60.5 Å². The number of likely N-dealkylation sites (tertiary alicyclic amines) is 1. The van der Waals surface area contributed by atoms with Crippen LogP contribution in [0.4, 0.5) is 5.69 Å². The predicted molar refractivity (Wildman–Crippen MR) is 162 cm³/mol. The largest absolute Gasteiger partial charge is 0.494 e. The summed E-state index contributed by atoms with van der Waals surface area (Å²) in [6.07, 6.45) is 1.43. The summed E-state index contributed by atoms with van der Waals surface area (Å²) in [7, 11) is 0. The second kappa shape index (κ2) is 12.6. The molecule has 5 rings (SSSR count). The van der Waals surface area contributed by atoms with Crippen molar-refractivity contribution in [1.29, 1.82) is 0 Å². The van der Waals surface area contributed by atoms with E-state index in [9.17, 15) is 14.7 Å². The molecule has 0 radical (unpaired) electrons. The number of carboxylic acid groups (broad SMARTS) is 1. The molecule has 2 heterocycles. The van der Waals surface area contributed by atoms with Crippen molar-refractivity contribution in [2.75, 3.05) is 31.8 Å². The van der Waals surface area contributed by atoms with Crippen LogP contribution in [0.5, 0.6) is 17.2 Å². The molecule has 2 aliphatic rings. The van der Waals surface area contributed by atoms with Crippen molar-refractivity contribution in [3.63, 3.8) is 0 Å². The van der Waals surface area contributed by atoms with Gasteiger partial charge in [0.2, 0.25) is 12.7 Å². The van der Waals surface area contributed by atoms with Crippen molar-refractivity contribution >= 4 is 29.2 Å². The molecule has 0 saturated carbocycles. The zero-order chi connectivity index (χ0) is 30.0. The van der Waals surface area contributed by atoms with Gasteiger partial charge in [-0.2, -0.15) is 0 Å². The van der Waals surface area contributed by atoms with Crippen molar-refractivity contribution < 1.29 is 28.9 Å². The number of benzene rings is 3. The Morgan fingerprint density at radius 3 is 2.36 bits per heavy atom. The average molecular weight is 593 g/mol. The number of aryl methyl sites for hydroxylation is 2. The summed E-state index contributed by atoms with van der Waals surface area (Å²) >= 11 is 6.34. The average Bonchev–Trinajstić information content (AvgIpc) is 3.60. The number of rotatable bonds is 10. The molecule has 2 N–H and O–H groups in total. The van der Waals surface area contributed by atoms with Gasteiger partial charge in [0, 0.05) is 29.2 Å². The Balaban J connectivity index is 1.51. The highest BCUT2D eigenvalue weighted by Crippen LogP contribution is 2.49. The molecule has 42 heavy (non-hydrogen) atoms. The van der Waals surface area contributed by atoms with Gasteiger partial charge in [0.15, 0.2) is 11.5 Å². The quantitative estimate of drug-likeness (QED) is 0.282. The number of carbonyl (C=O) groups excluding carboxylic acids is 1. The van der Waals surface area contributed by atoms with Crippen molar-refractivity contribution in [3.8, 4) is 17.2 Å². The molecule has 8 nitrogen and oxygen atoms in total. The Morgan fingerprint density at radius 1 is 1.05 bits per heavy atom. The number of ether oxygens (including phenoxy) is 3. The summed E-state index contributed by atoms with van der Waals surface area (Å²) in [5.41, 5.74) is 5.27. The Bertz CT molecular complexity index is 1450. The summed E-state index contributed by atoms with van der Waals surface area (Å²) in [6.45, 7) is 8.97. The molecular formula is C33H37ClN2O6. The number of carboxylic acids is 1. The lowest BCUT2D eigenvalue weighted by atomic mass is 9.81. The number of hydrogen-bond donors (Lipinski definition) is 2. The van der Waals surface area contributed by atoms with Gasteiger partial charge in [0.25, 0.3) is 0 Å². The van der Waals surface area contributed by atoms with Crippen LogP contribution in [-0.2, 0) is 22.4 Å². The third kappa shape index (κ3) is 5.78. The fourth-order valence-corrected chi connectivity index (χ4v) is 6.63. The van der Waals surface area contributed by atoms with E-state index in [2.05, 4.69) is 5.32 Å². The summed E-state index contributed by atoms with van der Waals surface area (Å²) in [5.74, 6) is -0.297. The number of anilines is 1. The SMILES string of the molecule is CCOc1ccc([C@H]2C(C(=O)O)[C@@H](c3ccc4c(c3C)OCO4)CN2CC(=O)Nc2c(CC)cc(Cl)cc2CC)cc1. The molecule has 1 amide bonds. The lowest BCUT2D eigenvalue weighted by molar-refractivity contribution is -0.143. The molecule has 1 saturated heterocycles. The van der Waals surface area contributed by atoms with E-state index in [-0.39, 0.29) is 25.2 Å². The smallest absolute Gasteiger partial charge is 0.309 e. The van der Waals surface area contributed by atoms with Crippen LogP contribution >= 0.6 is 11.6 Å². The first kappa shape index (κ1) is 29.7. The van der Waals surface area contributed by atoms with Gasteiger partial charge in [-0.15, -0.1) is 0 Å². The summed E-state index contributed by atoms with van der Waals surface area (Å²) in [5, 5.41) is 14.4. The number of aliphatic carboxylic acids is 1. The van der Waals surface area contributed by atoms with Crippen LogP contribution in [0, 0.1) is 12.8 Å². The molecule has 2 aliphatic heterocycles. The Hall–Kier alpha value is -3.75. The first-order chi connectivity index (χ1) is 20.2. The van der Waals surface area contributed by atoms with E-state index in [1.807, 2.05) is 81.1 Å². The van der Waals surface area contributed by atoms with Gasteiger partial charge in [-0.1, -0.05) is 43.6 Å². The highest BCUT2D eigenvalue weighted by molar-refractivity contribution is 6.30. The van der Waals surface area contributed by atoms with E-state index in [1.165, 1.54) is 0 Å². The molecular weight excluding hydrogens is 556 g/mol. The predicted octanol–water partition coefficient (Wildman–Crippen LogP) is 6.38. The molecule has 1 fully saturated rings. The summed E-state index contributed by atoms with van der Waals surface area (Å²) in [4.78, 5) is 28.6. The fraction of sp³-hybridized carbons (Fsp3) is 0.394. The molecule has 9 heteroatoms. The highest BCUT2D eigenvalue weighted by atomic mass is 35.5. The molecule has 0 spiro atoms. The van der Waals surface area contributed by atoms with Gasteiger partial charge in [-0.25, -0.2) is 0 Å². The van der Waals surface area contributed by atoms with E-state index in [0.717, 1.165) is 33.5 Å². The third-order valence-corrected chi connectivity index (χ3v) is 8.50. The van der Waals surface area contributed by atoms with Crippen LogP contribution in [0.15, 0.2) is 48.5 Å². The van der Waals surface area contributed by atoms with Crippen LogP contribution in [0.2, 0.25) is 5.02 Å².